The molecule has 0 N–H and O–H groups in total. The van der Waals surface area contributed by atoms with Gasteiger partial charge in [0.25, 0.3) is 0 Å². The Morgan fingerprint density at radius 1 is 1.21 bits per heavy atom. The molecule has 3 unspecified atom stereocenters. The van der Waals surface area contributed by atoms with Crippen molar-refractivity contribution >= 4 is 23.5 Å². The van der Waals surface area contributed by atoms with Gasteiger partial charge in [0.05, 0.1) is 17.3 Å². The molecule has 1 saturated heterocycles. The van der Waals surface area contributed by atoms with Gasteiger partial charge in [0.1, 0.15) is 0 Å². The zero-order chi connectivity index (χ0) is 15.2. The molecule has 0 aromatic heterocycles. The average molecular weight is 285 g/mol. The van der Waals surface area contributed by atoms with E-state index < -0.39 is 5.41 Å². The molecule has 110 valence electrons. The van der Waals surface area contributed by atoms with Crippen molar-refractivity contribution in [2.45, 2.75) is 71.6 Å². The summed E-state index contributed by atoms with van der Waals surface area (Å²) in [5.41, 5.74) is -0.407. The maximum absolute atomic E-state index is 12.4. The number of carbonyl (C=O) groups excluding carboxylic acids is 2. The lowest BCUT2D eigenvalue weighted by atomic mass is 9.84. The minimum atomic E-state index is -0.407. The molecule has 3 nitrogen and oxygen atoms in total. The molecule has 3 atom stereocenters. The van der Waals surface area contributed by atoms with Crippen molar-refractivity contribution in [1.29, 1.82) is 0 Å². The number of nitrogens with zero attached hydrogens (tertiary/aromatic N) is 1. The summed E-state index contributed by atoms with van der Waals surface area (Å²) in [5.74, 6) is 0.249. The summed E-state index contributed by atoms with van der Waals surface area (Å²) in [4.78, 5) is 26.2. The summed E-state index contributed by atoms with van der Waals surface area (Å²) < 4.78 is 0.0857. The van der Waals surface area contributed by atoms with Crippen LogP contribution in [0.5, 0.6) is 0 Å². The summed E-state index contributed by atoms with van der Waals surface area (Å²) in [7, 11) is 0. The first-order valence-electron chi connectivity index (χ1n) is 6.90. The molecule has 1 amide bonds. The van der Waals surface area contributed by atoms with Crippen molar-refractivity contribution in [3.8, 4) is 0 Å². The second-order valence-corrected chi connectivity index (χ2v) is 9.39. The third-order valence-electron chi connectivity index (χ3n) is 3.36. The average Bonchev–Trinajstić information content (AvgIpc) is 2.23. The van der Waals surface area contributed by atoms with Crippen molar-refractivity contribution in [3.63, 3.8) is 0 Å². The smallest absolute Gasteiger partial charge is 0.229 e. The first-order valence-corrected chi connectivity index (χ1v) is 7.78. The predicted octanol–water partition coefficient (Wildman–Crippen LogP) is 3.33. The molecule has 0 aromatic rings. The molecular formula is C15H27NO2S. The van der Waals surface area contributed by atoms with Crippen molar-refractivity contribution < 1.29 is 9.59 Å². The van der Waals surface area contributed by atoms with Crippen LogP contribution in [-0.2, 0) is 9.59 Å². The number of rotatable bonds is 3. The Balaban J connectivity index is 2.86. The molecule has 1 fully saturated rings. The Bertz CT molecular complexity index is 379. The van der Waals surface area contributed by atoms with Crippen LogP contribution in [0.25, 0.3) is 0 Å². The molecule has 0 saturated carbocycles. The molecule has 0 aromatic carbocycles. The van der Waals surface area contributed by atoms with Crippen molar-refractivity contribution in [2.75, 3.05) is 0 Å². The third-order valence-corrected chi connectivity index (χ3v) is 4.94. The van der Waals surface area contributed by atoms with Crippen molar-refractivity contribution in [2.24, 2.45) is 11.3 Å². The molecule has 1 rings (SSSR count). The molecule has 19 heavy (non-hydrogen) atoms. The van der Waals surface area contributed by atoms with Gasteiger partial charge in [-0.15, -0.1) is 11.8 Å². The van der Waals surface area contributed by atoms with Gasteiger partial charge >= 0.3 is 0 Å². The van der Waals surface area contributed by atoms with Gasteiger partial charge in [-0.05, 0) is 6.92 Å². The highest BCUT2D eigenvalue weighted by Crippen LogP contribution is 2.43. The fraction of sp³-hybridized carbons (Fsp3) is 0.867. The SMILES string of the molecule is CC1C(=O)N(C(C)C(=O)C(C)(C)C)C1SC(C)(C)C. The first kappa shape index (κ1) is 16.5. The summed E-state index contributed by atoms with van der Waals surface area (Å²) in [6.45, 7) is 16.0. The number of Topliss-reactive ketones (excluding diaryl/α,β-unsaturated/α-hetero) is 1. The van der Waals surface area contributed by atoms with E-state index in [1.807, 2.05) is 34.6 Å². The summed E-state index contributed by atoms with van der Waals surface area (Å²) in [6.07, 6.45) is 0. The van der Waals surface area contributed by atoms with Crippen LogP contribution in [0.1, 0.15) is 55.4 Å². The van der Waals surface area contributed by atoms with E-state index in [-0.39, 0.29) is 33.8 Å². The van der Waals surface area contributed by atoms with Gasteiger partial charge in [-0.25, -0.2) is 0 Å². The van der Waals surface area contributed by atoms with E-state index in [1.165, 1.54) is 0 Å². The maximum Gasteiger partial charge on any atom is 0.229 e. The highest BCUT2D eigenvalue weighted by Gasteiger charge is 2.50. The highest BCUT2D eigenvalue weighted by molar-refractivity contribution is 8.01. The Labute approximate surface area is 121 Å². The van der Waals surface area contributed by atoms with E-state index in [1.54, 1.807) is 16.7 Å². The first-order chi connectivity index (χ1) is 8.36. The number of hydrogen-bond acceptors (Lipinski definition) is 3. The van der Waals surface area contributed by atoms with Gasteiger partial charge in [-0.3, -0.25) is 9.59 Å². The second-order valence-electron chi connectivity index (χ2n) is 7.45. The zero-order valence-electron chi connectivity index (χ0n) is 13.4. The Kier molecular flexibility index (Phi) is 4.45. The second kappa shape index (κ2) is 5.12. The van der Waals surface area contributed by atoms with Crippen LogP contribution in [0.4, 0.5) is 0 Å². The predicted molar refractivity (Wildman–Crippen MR) is 81.1 cm³/mol. The third kappa shape index (κ3) is 3.53. The van der Waals surface area contributed by atoms with Crippen molar-refractivity contribution in [1.82, 2.24) is 4.90 Å². The molecule has 1 heterocycles. The van der Waals surface area contributed by atoms with E-state index >= 15 is 0 Å². The minimum Gasteiger partial charge on any atom is -0.320 e. The fourth-order valence-corrected chi connectivity index (χ4v) is 3.77. The van der Waals surface area contributed by atoms with E-state index in [2.05, 4.69) is 20.8 Å². The summed E-state index contributed by atoms with van der Waals surface area (Å²) >= 11 is 1.77. The lowest BCUT2D eigenvalue weighted by molar-refractivity contribution is -0.158. The molecule has 1 aliphatic heterocycles. The van der Waals surface area contributed by atoms with E-state index in [4.69, 9.17) is 0 Å². The number of carbonyl (C=O) groups is 2. The van der Waals surface area contributed by atoms with Crippen LogP contribution in [0.2, 0.25) is 0 Å². The molecule has 0 spiro atoms. The highest BCUT2D eigenvalue weighted by atomic mass is 32.2. The number of thioether (sulfide) groups is 1. The van der Waals surface area contributed by atoms with Gasteiger partial charge in [-0.2, -0.15) is 0 Å². The van der Waals surface area contributed by atoms with Crippen LogP contribution < -0.4 is 0 Å². The molecule has 1 aliphatic rings. The Hall–Kier alpha value is -0.510. The van der Waals surface area contributed by atoms with E-state index in [0.717, 1.165) is 0 Å². The van der Waals surface area contributed by atoms with Gasteiger partial charge in [0.15, 0.2) is 5.78 Å². The number of amides is 1. The quantitative estimate of drug-likeness (QED) is 0.746. The Morgan fingerprint density at radius 2 is 1.68 bits per heavy atom. The van der Waals surface area contributed by atoms with Crippen LogP contribution in [0, 0.1) is 11.3 Å². The van der Waals surface area contributed by atoms with Crippen LogP contribution in [0.3, 0.4) is 0 Å². The van der Waals surface area contributed by atoms with Gasteiger partial charge in [0.2, 0.25) is 5.91 Å². The van der Waals surface area contributed by atoms with Gasteiger partial charge in [-0.1, -0.05) is 48.5 Å². The molecule has 0 radical (unpaired) electrons. The summed E-state index contributed by atoms with van der Waals surface area (Å²) in [5, 5.41) is 0.119. The lowest BCUT2D eigenvalue weighted by Crippen LogP contribution is -2.64. The molecule has 4 heteroatoms. The minimum absolute atomic E-state index is 0.0134. The normalized spacial score (nSPS) is 26.1. The largest absolute Gasteiger partial charge is 0.320 e. The molecule has 0 bridgehead atoms. The van der Waals surface area contributed by atoms with E-state index in [9.17, 15) is 9.59 Å². The molecular weight excluding hydrogens is 258 g/mol. The Morgan fingerprint density at radius 3 is 2.05 bits per heavy atom. The van der Waals surface area contributed by atoms with Gasteiger partial charge < -0.3 is 4.90 Å². The van der Waals surface area contributed by atoms with E-state index in [0.29, 0.717) is 0 Å². The molecule has 0 aliphatic carbocycles. The van der Waals surface area contributed by atoms with Crippen molar-refractivity contribution in [3.05, 3.63) is 0 Å². The monoisotopic (exact) mass is 285 g/mol. The summed E-state index contributed by atoms with van der Waals surface area (Å²) in [6, 6.07) is -0.330. The van der Waals surface area contributed by atoms with Crippen LogP contribution in [0.15, 0.2) is 0 Å². The lowest BCUT2D eigenvalue weighted by Gasteiger charge is -2.50. The van der Waals surface area contributed by atoms with Gasteiger partial charge in [0, 0.05) is 10.2 Å². The number of ketones is 1. The number of likely N-dealkylation sites (tertiary alicyclic amines) is 1. The fourth-order valence-electron chi connectivity index (χ4n) is 2.33. The topological polar surface area (TPSA) is 37.4 Å². The standard InChI is InChI=1S/C15H27NO2S/c1-9-12(18)16(13(9)19-15(6,7)8)10(2)11(17)14(3,4)5/h9-10,13H,1-8H3. The zero-order valence-corrected chi connectivity index (χ0v) is 14.2. The van der Waals surface area contributed by atoms with Crippen LogP contribution in [-0.4, -0.2) is 32.8 Å². The number of β-lactam (4-membered cyclic amide) rings is 1. The number of hydrogen-bond donors (Lipinski definition) is 0. The maximum atomic E-state index is 12.4. The van der Waals surface area contributed by atoms with Crippen LogP contribution >= 0.6 is 11.8 Å².